The quantitative estimate of drug-likeness (QED) is 0.810. The second-order valence-corrected chi connectivity index (χ2v) is 8.65. The van der Waals surface area contributed by atoms with Crippen molar-refractivity contribution in [1.29, 1.82) is 0 Å². The first-order chi connectivity index (χ1) is 14.0. The van der Waals surface area contributed by atoms with Crippen molar-refractivity contribution in [1.82, 2.24) is 19.8 Å². The van der Waals surface area contributed by atoms with E-state index in [2.05, 4.69) is 35.1 Å². The number of para-hydroxylation sites is 1. The van der Waals surface area contributed by atoms with Crippen molar-refractivity contribution in [2.24, 2.45) is 5.92 Å². The minimum atomic E-state index is -0.301. The molecule has 0 atom stereocenters. The van der Waals surface area contributed by atoms with E-state index < -0.39 is 0 Å². The fourth-order valence-corrected chi connectivity index (χ4v) is 3.92. The van der Waals surface area contributed by atoms with Crippen molar-refractivity contribution in [3.63, 3.8) is 0 Å². The molecule has 1 N–H and O–H groups in total. The van der Waals surface area contributed by atoms with Crippen LogP contribution < -0.4 is 14.8 Å². The molecule has 0 spiro atoms. The zero-order valence-corrected chi connectivity index (χ0v) is 17.3. The van der Waals surface area contributed by atoms with E-state index in [1.807, 2.05) is 12.1 Å². The fraction of sp³-hybridized carbons (Fsp3) is 0.545. The second kappa shape index (κ2) is 8.45. The summed E-state index contributed by atoms with van der Waals surface area (Å²) in [6, 6.07) is 6.15. The Morgan fingerprint density at radius 2 is 2.14 bits per heavy atom. The number of carbonyl (C=O) groups is 1. The van der Waals surface area contributed by atoms with Gasteiger partial charge >= 0.3 is 0 Å². The molecule has 7 heteroatoms. The molecular formula is C22H30N4O3. The third kappa shape index (κ3) is 5.09. The number of nitrogens with one attached hydrogen (secondary N) is 1. The largest absolute Gasteiger partial charge is 0.486 e. The lowest BCUT2D eigenvalue weighted by molar-refractivity contribution is -0.121. The molecule has 0 aliphatic carbocycles. The molecule has 1 saturated heterocycles. The van der Waals surface area contributed by atoms with Gasteiger partial charge in [-0.2, -0.15) is 0 Å². The van der Waals surface area contributed by atoms with Gasteiger partial charge in [-0.3, -0.25) is 9.69 Å². The van der Waals surface area contributed by atoms with Crippen LogP contribution in [0.25, 0.3) is 0 Å². The van der Waals surface area contributed by atoms with Gasteiger partial charge in [-0.1, -0.05) is 12.1 Å². The predicted molar refractivity (Wildman–Crippen MR) is 110 cm³/mol. The number of nitrogens with zero attached hydrogens (tertiary/aromatic N) is 3. The summed E-state index contributed by atoms with van der Waals surface area (Å²) >= 11 is 0. The van der Waals surface area contributed by atoms with E-state index in [0.29, 0.717) is 19.1 Å². The maximum absolute atomic E-state index is 12.1. The van der Waals surface area contributed by atoms with E-state index in [0.717, 1.165) is 50.5 Å². The van der Waals surface area contributed by atoms with Crippen LogP contribution in [0.1, 0.15) is 32.3 Å². The summed E-state index contributed by atoms with van der Waals surface area (Å²) in [4.78, 5) is 18.5. The first-order valence-electron chi connectivity index (χ1n) is 10.4. The van der Waals surface area contributed by atoms with Crippen LogP contribution in [0.15, 0.2) is 36.9 Å². The number of piperidine rings is 1. The van der Waals surface area contributed by atoms with E-state index in [1.54, 1.807) is 23.3 Å². The molecule has 7 nitrogen and oxygen atoms in total. The molecule has 2 aliphatic rings. The van der Waals surface area contributed by atoms with Gasteiger partial charge < -0.3 is 19.4 Å². The first-order valence-corrected chi connectivity index (χ1v) is 10.4. The molecule has 0 saturated carbocycles. The smallest absolute Gasteiger partial charge is 0.239 e. The van der Waals surface area contributed by atoms with Crippen molar-refractivity contribution in [2.45, 2.75) is 45.4 Å². The topological polar surface area (TPSA) is 68.6 Å². The lowest BCUT2D eigenvalue weighted by Crippen LogP contribution is -2.40. The van der Waals surface area contributed by atoms with Gasteiger partial charge in [0, 0.05) is 31.0 Å². The van der Waals surface area contributed by atoms with Gasteiger partial charge in [0.15, 0.2) is 11.5 Å². The second-order valence-electron chi connectivity index (χ2n) is 8.65. The van der Waals surface area contributed by atoms with Crippen molar-refractivity contribution in [3.05, 3.63) is 42.5 Å². The number of rotatable bonds is 6. The van der Waals surface area contributed by atoms with Crippen LogP contribution in [0.5, 0.6) is 11.5 Å². The van der Waals surface area contributed by atoms with Gasteiger partial charge in [-0.05, 0) is 51.8 Å². The van der Waals surface area contributed by atoms with E-state index in [9.17, 15) is 4.79 Å². The third-order valence-corrected chi connectivity index (χ3v) is 5.59. The minimum Gasteiger partial charge on any atom is -0.486 e. The van der Waals surface area contributed by atoms with Gasteiger partial charge in [0.2, 0.25) is 5.91 Å². The summed E-state index contributed by atoms with van der Waals surface area (Å²) < 4.78 is 13.9. The van der Waals surface area contributed by atoms with Crippen molar-refractivity contribution < 1.29 is 14.3 Å². The van der Waals surface area contributed by atoms with Gasteiger partial charge in [-0.25, -0.2) is 4.98 Å². The lowest BCUT2D eigenvalue weighted by Gasteiger charge is -2.36. The number of fused-ring (bicyclic) bond motifs is 1. The number of hydrogen-bond acceptors (Lipinski definition) is 5. The van der Waals surface area contributed by atoms with Gasteiger partial charge in [0.1, 0.15) is 18.8 Å². The number of amides is 1. The van der Waals surface area contributed by atoms with Crippen LogP contribution >= 0.6 is 0 Å². The summed E-state index contributed by atoms with van der Waals surface area (Å²) in [6.45, 7) is 8.66. The standard InChI is InChI=1S/C22H30N4O3/c1-22(2)15-28-19-5-3-4-18(21(19)29-22)13-25-9-6-17(7-10-25)12-24-20(27)14-26-11-8-23-16-26/h3-5,8,11,16-17H,6-7,9-10,12-15H2,1-2H3,(H,24,27). The molecule has 3 heterocycles. The lowest BCUT2D eigenvalue weighted by atomic mass is 9.96. The number of imidazole rings is 1. The average molecular weight is 399 g/mol. The average Bonchev–Trinajstić information content (AvgIpc) is 3.20. The summed E-state index contributed by atoms with van der Waals surface area (Å²) in [5, 5.41) is 3.06. The molecule has 4 rings (SSSR count). The van der Waals surface area contributed by atoms with E-state index in [4.69, 9.17) is 9.47 Å². The first kappa shape index (κ1) is 19.8. The molecule has 2 aliphatic heterocycles. The molecule has 0 bridgehead atoms. The maximum atomic E-state index is 12.1. The third-order valence-electron chi connectivity index (χ3n) is 5.59. The van der Waals surface area contributed by atoms with E-state index >= 15 is 0 Å². The molecule has 1 aromatic carbocycles. The highest BCUT2D eigenvalue weighted by atomic mass is 16.6. The summed E-state index contributed by atoms with van der Waals surface area (Å²) in [5.74, 6) is 2.30. The highest BCUT2D eigenvalue weighted by Crippen LogP contribution is 2.39. The van der Waals surface area contributed by atoms with Crippen LogP contribution in [-0.4, -0.2) is 52.2 Å². The van der Waals surface area contributed by atoms with Crippen LogP contribution in [0.3, 0.4) is 0 Å². The van der Waals surface area contributed by atoms with Crippen molar-refractivity contribution in [3.8, 4) is 11.5 Å². The number of carbonyl (C=O) groups excluding carboxylic acids is 1. The molecule has 1 amide bonds. The molecule has 1 aromatic heterocycles. The Balaban J connectivity index is 1.25. The zero-order valence-electron chi connectivity index (χ0n) is 17.3. The summed E-state index contributed by atoms with van der Waals surface area (Å²) in [7, 11) is 0. The molecule has 0 unspecified atom stereocenters. The monoisotopic (exact) mass is 398 g/mol. The minimum absolute atomic E-state index is 0.0427. The molecule has 0 radical (unpaired) electrons. The van der Waals surface area contributed by atoms with Gasteiger partial charge in [-0.15, -0.1) is 0 Å². The molecule has 1 fully saturated rings. The number of benzene rings is 1. The molecule has 29 heavy (non-hydrogen) atoms. The number of likely N-dealkylation sites (tertiary alicyclic amines) is 1. The zero-order chi connectivity index (χ0) is 20.3. The maximum Gasteiger partial charge on any atom is 0.239 e. The van der Waals surface area contributed by atoms with Crippen LogP contribution in [0.4, 0.5) is 0 Å². The number of ether oxygens (including phenoxy) is 2. The van der Waals surface area contributed by atoms with Crippen LogP contribution in [0.2, 0.25) is 0 Å². The predicted octanol–water partition coefficient (Wildman–Crippen LogP) is 2.46. The van der Waals surface area contributed by atoms with Gasteiger partial charge in [0.25, 0.3) is 0 Å². The van der Waals surface area contributed by atoms with Gasteiger partial charge in [0.05, 0.1) is 6.33 Å². The van der Waals surface area contributed by atoms with Crippen LogP contribution in [-0.2, 0) is 17.9 Å². The normalized spacial score (nSPS) is 19.1. The highest BCUT2D eigenvalue weighted by Gasteiger charge is 2.30. The number of hydrogen-bond donors (Lipinski definition) is 1. The Morgan fingerprint density at radius 3 is 2.90 bits per heavy atom. The Labute approximate surface area is 172 Å². The summed E-state index contributed by atoms with van der Waals surface area (Å²) in [5.41, 5.74) is 0.882. The Bertz CT molecular complexity index is 827. The Kier molecular flexibility index (Phi) is 5.76. The van der Waals surface area contributed by atoms with Crippen LogP contribution in [0, 0.1) is 5.92 Å². The Hall–Kier alpha value is -2.54. The van der Waals surface area contributed by atoms with Crippen molar-refractivity contribution in [2.75, 3.05) is 26.2 Å². The van der Waals surface area contributed by atoms with E-state index in [1.165, 1.54) is 5.56 Å². The summed E-state index contributed by atoms with van der Waals surface area (Å²) in [6.07, 6.45) is 7.32. The molecule has 156 valence electrons. The molecule has 2 aromatic rings. The fourth-order valence-electron chi connectivity index (χ4n) is 3.92. The Morgan fingerprint density at radius 1 is 1.31 bits per heavy atom. The number of aromatic nitrogens is 2. The van der Waals surface area contributed by atoms with E-state index in [-0.39, 0.29) is 11.5 Å². The SMILES string of the molecule is CC1(C)COc2cccc(CN3CCC(CNC(=O)Cn4ccnc4)CC3)c2O1. The highest BCUT2D eigenvalue weighted by molar-refractivity contribution is 5.75. The molecular weight excluding hydrogens is 368 g/mol. The van der Waals surface area contributed by atoms with Crippen molar-refractivity contribution >= 4 is 5.91 Å².